The second-order valence-corrected chi connectivity index (χ2v) is 9.82. The van der Waals surface area contributed by atoms with Crippen LogP contribution in [-0.2, 0) is 4.79 Å². The number of carbonyl (C=O) groups is 1. The van der Waals surface area contributed by atoms with Crippen LogP contribution in [0.2, 0.25) is 0 Å². The molecule has 0 bridgehead atoms. The number of benzene rings is 2. The van der Waals surface area contributed by atoms with Gasteiger partial charge < -0.3 is 20.1 Å². The molecule has 2 aromatic carbocycles. The summed E-state index contributed by atoms with van der Waals surface area (Å²) in [4.78, 5) is 28.0. The lowest BCUT2D eigenvalue weighted by Crippen LogP contribution is -2.47. The molecule has 2 aliphatic rings. The van der Waals surface area contributed by atoms with Crippen molar-refractivity contribution in [3.63, 3.8) is 0 Å². The van der Waals surface area contributed by atoms with E-state index < -0.39 is 0 Å². The van der Waals surface area contributed by atoms with Crippen LogP contribution in [0.4, 0.5) is 16.0 Å². The van der Waals surface area contributed by atoms with Gasteiger partial charge in [0.25, 0.3) is 0 Å². The Morgan fingerprint density at radius 3 is 2.69 bits per heavy atom. The quantitative estimate of drug-likeness (QED) is 0.509. The van der Waals surface area contributed by atoms with Crippen LogP contribution in [0, 0.1) is 18.7 Å². The highest BCUT2D eigenvalue weighted by Crippen LogP contribution is 2.24. The first-order valence-corrected chi connectivity index (χ1v) is 12.8. The number of aromatic amines is 1. The highest BCUT2D eigenvalue weighted by molar-refractivity contribution is 5.80. The number of nitrogens with zero attached hydrogens (tertiary/aromatic N) is 4. The van der Waals surface area contributed by atoms with Crippen molar-refractivity contribution < 1.29 is 9.18 Å². The van der Waals surface area contributed by atoms with Crippen molar-refractivity contribution >= 4 is 28.6 Å². The van der Waals surface area contributed by atoms with Crippen LogP contribution in [0.5, 0.6) is 0 Å². The molecule has 2 aliphatic heterocycles. The summed E-state index contributed by atoms with van der Waals surface area (Å²) in [6.07, 6.45) is 2.86. The number of amides is 1. The van der Waals surface area contributed by atoms with E-state index in [-0.39, 0.29) is 17.6 Å². The highest BCUT2D eigenvalue weighted by Gasteiger charge is 2.27. The zero-order valence-corrected chi connectivity index (χ0v) is 20.5. The molecule has 35 heavy (non-hydrogen) atoms. The molecule has 8 heteroatoms. The monoisotopic (exact) mass is 478 g/mol. The molecule has 0 spiro atoms. The topological polar surface area (TPSA) is 67.5 Å². The van der Waals surface area contributed by atoms with E-state index in [4.69, 9.17) is 4.98 Å². The number of H-pyrrole nitrogens is 1. The van der Waals surface area contributed by atoms with E-state index in [9.17, 15) is 9.18 Å². The zero-order valence-electron chi connectivity index (χ0n) is 20.5. The van der Waals surface area contributed by atoms with E-state index >= 15 is 0 Å². The predicted molar refractivity (Wildman–Crippen MR) is 138 cm³/mol. The largest absolute Gasteiger partial charge is 0.369 e. The van der Waals surface area contributed by atoms with Crippen molar-refractivity contribution in [3.05, 3.63) is 53.8 Å². The Morgan fingerprint density at radius 2 is 1.89 bits per heavy atom. The Hall–Kier alpha value is -3.13. The van der Waals surface area contributed by atoms with Crippen molar-refractivity contribution in [2.45, 2.75) is 26.2 Å². The lowest BCUT2D eigenvalue weighted by atomic mass is 9.97. The molecule has 0 saturated carbocycles. The zero-order chi connectivity index (χ0) is 24.2. The van der Waals surface area contributed by atoms with Crippen LogP contribution in [-0.4, -0.2) is 73.1 Å². The van der Waals surface area contributed by atoms with E-state index in [0.717, 1.165) is 81.2 Å². The summed E-state index contributed by atoms with van der Waals surface area (Å²) in [5.41, 5.74) is 4.30. The van der Waals surface area contributed by atoms with Crippen molar-refractivity contribution in [1.82, 2.24) is 20.2 Å². The molecule has 2 fully saturated rings. The molecule has 5 rings (SSSR count). The maximum atomic E-state index is 13.2. The van der Waals surface area contributed by atoms with Gasteiger partial charge in [0.1, 0.15) is 5.82 Å². The normalized spacial score (nSPS) is 19.3. The summed E-state index contributed by atoms with van der Waals surface area (Å²) in [5.74, 6) is 0.823. The van der Waals surface area contributed by atoms with Gasteiger partial charge in [-0.15, -0.1) is 0 Å². The lowest BCUT2D eigenvalue weighted by molar-refractivity contribution is -0.125. The molecule has 2 saturated heterocycles. The standard InChI is InChI=1S/C27H35FN6O/c1-20-5-10-24-25(18-20)31-27(30-24)34-13-2-4-21(19-34)26(35)29-11-3-12-32-14-16-33(17-15-32)23-8-6-22(28)7-9-23/h5-10,18,21H,2-4,11-17,19H2,1H3,(H,29,35)(H,30,31)/t21-/m1/s1. The fraction of sp³-hybridized carbons (Fsp3) is 0.481. The fourth-order valence-corrected chi connectivity index (χ4v) is 5.18. The molecule has 1 atom stereocenters. The third-order valence-corrected chi connectivity index (χ3v) is 7.23. The second-order valence-electron chi connectivity index (χ2n) is 9.82. The number of hydrogen-bond acceptors (Lipinski definition) is 5. The first-order valence-electron chi connectivity index (χ1n) is 12.8. The minimum Gasteiger partial charge on any atom is -0.369 e. The molecule has 0 unspecified atom stereocenters. The minimum absolute atomic E-state index is 0.00190. The summed E-state index contributed by atoms with van der Waals surface area (Å²) < 4.78 is 13.2. The van der Waals surface area contributed by atoms with Gasteiger partial charge in [-0.1, -0.05) is 6.07 Å². The molecular weight excluding hydrogens is 443 g/mol. The number of anilines is 2. The Kier molecular flexibility index (Phi) is 7.18. The maximum absolute atomic E-state index is 13.2. The van der Waals surface area contributed by atoms with Gasteiger partial charge in [0.05, 0.1) is 17.0 Å². The number of halogens is 1. The van der Waals surface area contributed by atoms with Crippen LogP contribution < -0.4 is 15.1 Å². The second kappa shape index (κ2) is 10.6. The molecule has 3 heterocycles. The molecule has 186 valence electrons. The van der Waals surface area contributed by atoms with Crippen molar-refractivity contribution in [2.75, 3.05) is 62.2 Å². The molecule has 0 aliphatic carbocycles. The lowest BCUT2D eigenvalue weighted by Gasteiger charge is -2.36. The summed E-state index contributed by atoms with van der Waals surface area (Å²) in [5, 5.41) is 3.17. The number of piperazine rings is 1. The third kappa shape index (κ3) is 5.75. The van der Waals surface area contributed by atoms with Gasteiger partial charge in [-0.3, -0.25) is 9.69 Å². The molecule has 2 N–H and O–H groups in total. The highest BCUT2D eigenvalue weighted by atomic mass is 19.1. The van der Waals surface area contributed by atoms with Crippen molar-refractivity contribution in [1.29, 1.82) is 0 Å². The van der Waals surface area contributed by atoms with Crippen LogP contribution in [0.15, 0.2) is 42.5 Å². The van der Waals surface area contributed by atoms with E-state index in [1.807, 2.05) is 18.2 Å². The molecule has 1 aromatic heterocycles. The SMILES string of the molecule is Cc1ccc2nc(N3CCC[C@@H](C(=O)NCCCN4CCN(c5ccc(F)cc5)CC4)C3)[nH]c2c1. The van der Waals surface area contributed by atoms with Crippen LogP contribution in [0.25, 0.3) is 11.0 Å². The van der Waals surface area contributed by atoms with Gasteiger partial charge in [0, 0.05) is 51.5 Å². The molecule has 7 nitrogen and oxygen atoms in total. The summed E-state index contributed by atoms with van der Waals surface area (Å²) in [6, 6.07) is 13.0. The molecule has 1 amide bonds. The maximum Gasteiger partial charge on any atom is 0.224 e. The van der Waals surface area contributed by atoms with Crippen molar-refractivity contribution in [2.24, 2.45) is 5.92 Å². The minimum atomic E-state index is -0.194. The van der Waals surface area contributed by atoms with Gasteiger partial charge in [0.15, 0.2) is 0 Å². The molecular formula is C27H35FN6O. The Labute approximate surface area is 206 Å². The van der Waals surface area contributed by atoms with E-state index in [2.05, 4.69) is 44.1 Å². The number of fused-ring (bicyclic) bond motifs is 1. The number of carbonyl (C=O) groups excluding carboxylic acids is 1. The van der Waals surface area contributed by atoms with Gasteiger partial charge in [-0.05, 0) is 74.7 Å². The fourth-order valence-electron chi connectivity index (χ4n) is 5.18. The summed E-state index contributed by atoms with van der Waals surface area (Å²) >= 11 is 0. The van der Waals surface area contributed by atoms with E-state index in [0.29, 0.717) is 13.1 Å². The van der Waals surface area contributed by atoms with Crippen LogP contribution in [0.1, 0.15) is 24.8 Å². The summed E-state index contributed by atoms with van der Waals surface area (Å²) in [7, 11) is 0. The summed E-state index contributed by atoms with van der Waals surface area (Å²) in [6.45, 7) is 9.25. The number of nitrogens with one attached hydrogen (secondary N) is 2. The Morgan fingerprint density at radius 1 is 1.09 bits per heavy atom. The number of rotatable bonds is 7. The first-order chi connectivity index (χ1) is 17.0. The number of aromatic nitrogens is 2. The number of aryl methyl sites for hydroxylation is 1. The number of piperidine rings is 1. The molecule has 0 radical (unpaired) electrons. The third-order valence-electron chi connectivity index (χ3n) is 7.23. The smallest absolute Gasteiger partial charge is 0.224 e. The average molecular weight is 479 g/mol. The number of imidazole rings is 1. The van der Waals surface area contributed by atoms with Gasteiger partial charge in [0.2, 0.25) is 11.9 Å². The average Bonchev–Trinajstić information content (AvgIpc) is 3.31. The van der Waals surface area contributed by atoms with Gasteiger partial charge in [-0.25, -0.2) is 9.37 Å². The van der Waals surface area contributed by atoms with Crippen LogP contribution in [0.3, 0.4) is 0 Å². The van der Waals surface area contributed by atoms with Gasteiger partial charge in [-0.2, -0.15) is 0 Å². The number of hydrogen-bond donors (Lipinski definition) is 2. The Balaban J connectivity index is 1.03. The first kappa shape index (κ1) is 23.6. The van der Waals surface area contributed by atoms with Crippen LogP contribution >= 0.6 is 0 Å². The predicted octanol–water partition coefficient (Wildman–Crippen LogP) is 3.56. The van der Waals surface area contributed by atoms with Crippen molar-refractivity contribution in [3.8, 4) is 0 Å². The van der Waals surface area contributed by atoms with E-state index in [1.165, 1.54) is 17.7 Å². The molecule has 3 aromatic rings. The van der Waals surface area contributed by atoms with E-state index in [1.54, 1.807) is 0 Å². The van der Waals surface area contributed by atoms with Gasteiger partial charge >= 0.3 is 0 Å². The Bertz CT molecular complexity index is 1140.